The van der Waals surface area contributed by atoms with E-state index in [1.807, 2.05) is 17.0 Å². The van der Waals surface area contributed by atoms with Crippen molar-refractivity contribution in [3.05, 3.63) is 77.1 Å². The molecule has 0 saturated carbocycles. The number of pyridine rings is 1. The summed E-state index contributed by atoms with van der Waals surface area (Å²) in [7, 11) is 1.49. The number of ether oxygens (including phenoxy) is 1. The molecule has 0 radical (unpaired) electrons. The first kappa shape index (κ1) is 25.5. The maximum atomic E-state index is 13.4. The second-order valence-electron chi connectivity index (χ2n) is 8.45. The zero-order chi connectivity index (χ0) is 26.9. The summed E-state index contributed by atoms with van der Waals surface area (Å²) >= 11 is 6.05. The van der Waals surface area contributed by atoms with Crippen LogP contribution in [0.4, 0.5) is 19.0 Å². The first-order valence-electron chi connectivity index (χ1n) is 11.5. The summed E-state index contributed by atoms with van der Waals surface area (Å²) in [5.74, 6) is 0.886. The largest absolute Gasteiger partial charge is 0.480 e. The molecule has 1 fully saturated rings. The molecule has 4 aromatic rings. The maximum absolute atomic E-state index is 13.4. The summed E-state index contributed by atoms with van der Waals surface area (Å²) in [6.07, 6.45) is -3.62. The van der Waals surface area contributed by atoms with Crippen LogP contribution < -0.4 is 9.64 Å². The van der Waals surface area contributed by atoms with Crippen LogP contribution in [0.15, 0.2) is 60.8 Å². The number of hydrogen-bond donors (Lipinski definition) is 0. The number of halogens is 4. The molecule has 3 aromatic heterocycles. The average Bonchev–Trinajstić information content (AvgIpc) is 3.38. The number of alkyl halides is 3. The number of carbonyl (C=O) groups is 1. The third kappa shape index (κ3) is 5.25. The van der Waals surface area contributed by atoms with Crippen LogP contribution >= 0.6 is 11.6 Å². The number of piperazine rings is 1. The molecule has 1 aliphatic heterocycles. The van der Waals surface area contributed by atoms with Crippen molar-refractivity contribution in [1.82, 2.24) is 29.9 Å². The molecule has 196 valence electrons. The molecule has 9 nitrogen and oxygen atoms in total. The van der Waals surface area contributed by atoms with Gasteiger partial charge in [-0.2, -0.15) is 18.3 Å². The van der Waals surface area contributed by atoms with Gasteiger partial charge in [-0.15, -0.1) is 10.2 Å². The molecule has 1 saturated heterocycles. The summed E-state index contributed by atoms with van der Waals surface area (Å²) in [4.78, 5) is 20.8. The van der Waals surface area contributed by atoms with Gasteiger partial charge >= 0.3 is 6.18 Å². The molecule has 38 heavy (non-hydrogen) atoms. The maximum Gasteiger partial charge on any atom is 0.417 e. The molecule has 5 rings (SSSR count). The Morgan fingerprint density at radius 1 is 0.947 bits per heavy atom. The van der Waals surface area contributed by atoms with Crippen molar-refractivity contribution in [1.29, 1.82) is 0 Å². The quantitative estimate of drug-likeness (QED) is 0.369. The van der Waals surface area contributed by atoms with E-state index in [1.54, 1.807) is 35.2 Å². The second-order valence-corrected chi connectivity index (χ2v) is 8.89. The van der Waals surface area contributed by atoms with E-state index in [0.29, 0.717) is 54.4 Å². The number of rotatable bonds is 5. The van der Waals surface area contributed by atoms with Crippen LogP contribution in [0.3, 0.4) is 0 Å². The van der Waals surface area contributed by atoms with Gasteiger partial charge in [0.1, 0.15) is 5.82 Å². The Bertz CT molecular complexity index is 1420. The van der Waals surface area contributed by atoms with Gasteiger partial charge in [-0.25, -0.2) is 9.67 Å². The van der Waals surface area contributed by atoms with Gasteiger partial charge in [0.2, 0.25) is 5.88 Å². The van der Waals surface area contributed by atoms with Gasteiger partial charge in [0.05, 0.1) is 18.4 Å². The SMILES string of the molecule is COc1ccc(-n2nc(C(=O)N3CCN(c4ccc(C(F)(F)F)cn4)CC3)cc2-c2ccc(Cl)cc2)nn1. The molecule has 0 N–H and O–H groups in total. The minimum Gasteiger partial charge on any atom is -0.480 e. The van der Waals surface area contributed by atoms with Gasteiger partial charge in [-0.1, -0.05) is 23.7 Å². The van der Waals surface area contributed by atoms with Gasteiger partial charge in [0.15, 0.2) is 11.5 Å². The normalized spacial score (nSPS) is 14.0. The molecular weight excluding hydrogens is 523 g/mol. The first-order chi connectivity index (χ1) is 18.2. The van der Waals surface area contributed by atoms with Gasteiger partial charge in [-0.05, 0) is 36.4 Å². The highest BCUT2D eigenvalue weighted by Gasteiger charge is 2.31. The van der Waals surface area contributed by atoms with Crippen LogP contribution in [0, 0.1) is 0 Å². The number of amides is 1. The molecule has 4 heterocycles. The van der Waals surface area contributed by atoms with E-state index >= 15 is 0 Å². The number of anilines is 1. The summed E-state index contributed by atoms with van der Waals surface area (Å²) in [5.41, 5.74) is 0.811. The van der Waals surface area contributed by atoms with Crippen molar-refractivity contribution in [3.8, 4) is 23.0 Å². The van der Waals surface area contributed by atoms with Crippen LogP contribution in [-0.2, 0) is 6.18 Å². The van der Waals surface area contributed by atoms with Gasteiger partial charge in [0.25, 0.3) is 5.91 Å². The lowest BCUT2D eigenvalue weighted by atomic mass is 10.1. The summed E-state index contributed by atoms with van der Waals surface area (Å²) in [6.45, 7) is 1.54. The molecule has 1 amide bonds. The molecule has 0 bridgehead atoms. The van der Waals surface area contributed by atoms with Gasteiger partial charge in [-0.3, -0.25) is 4.79 Å². The first-order valence-corrected chi connectivity index (χ1v) is 11.9. The molecule has 1 aliphatic rings. The Morgan fingerprint density at radius 2 is 1.66 bits per heavy atom. The molecule has 13 heteroatoms. The van der Waals surface area contributed by atoms with Crippen molar-refractivity contribution in [2.45, 2.75) is 6.18 Å². The van der Waals surface area contributed by atoms with Crippen LogP contribution in [0.1, 0.15) is 16.1 Å². The third-order valence-electron chi connectivity index (χ3n) is 6.09. The number of nitrogens with zero attached hydrogens (tertiary/aromatic N) is 7. The average molecular weight is 544 g/mol. The Morgan fingerprint density at radius 3 is 2.24 bits per heavy atom. The Hall–Kier alpha value is -4.19. The number of benzene rings is 1. The minimum absolute atomic E-state index is 0.216. The number of hydrogen-bond acceptors (Lipinski definition) is 7. The molecule has 0 atom stereocenters. The van der Waals surface area contributed by atoms with Crippen molar-refractivity contribution in [3.63, 3.8) is 0 Å². The number of aromatic nitrogens is 5. The van der Waals surface area contributed by atoms with Crippen molar-refractivity contribution >= 4 is 23.3 Å². The second kappa shape index (κ2) is 10.3. The molecule has 0 unspecified atom stereocenters. The fraction of sp³-hybridized carbons (Fsp3) is 0.240. The smallest absolute Gasteiger partial charge is 0.417 e. The molecule has 0 aliphatic carbocycles. The third-order valence-corrected chi connectivity index (χ3v) is 6.34. The van der Waals surface area contributed by atoms with Crippen molar-refractivity contribution in [2.75, 3.05) is 38.2 Å². The standard InChI is InChI=1S/C25H21ClF3N7O2/c1-38-23-9-8-22(31-32-23)36-20(16-2-5-18(26)6-3-16)14-19(33-36)24(37)35-12-10-34(11-13-35)21-7-4-17(15-30-21)25(27,28)29/h2-9,14-15H,10-13H2,1H3. The topological polar surface area (TPSA) is 89.3 Å². The highest BCUT2D eigenvalue weighted by Crippen LogP contribution is 2.30. The fourth-order valence-electron chi connectivity index (χ4n) is 4.06. The van der Waals surface area contributed by atoms with Crippen molar-refractivity contribution < 1.29 is 22.7 Å². The van der Waals surface area contributed by atoms with E-state index < -0.39 is 11.7 Å². The lowest BCUT2D eigenvalue weighted by molar-refractivity contribution is -0.137. The monoisotopic (exact) mass is 543 g/mol. The minimum atomic E-state index is -4.44. The Balaban J connectivity index is 1.36. The summed E-state index contributed by atoms with van der Waals surface area (Å²) in [5, 5.41) is 13.3. The van der Waals surface area contributed by atoms with E-state index in [0.717, 1.165) is 17.8 Å². The van der Waals surface area contributed by atoms with Crippen LogP contribution in [0.25, 0.3) is 17.1 Å². The van der Waals surface area contributed by atoms with Gasteiger partial charge in [0, 0.05) is 49.0 Å². The summed E-state index contributed by atoms with van der Waals surface area (Å²) < 4.78 is 45.1. The van der Waals surface area contributed by atoms with Crippen LogP contribution in [0.2, 0.25) is 5.02 Å². The van der Waals surface area contributed by atoms with Gasteiger partial charge < -0.3 is 14.5 Å². The predicted molar refractivity (Wildman–Crippen MR) is 134 cm³/mol. The number of carbonyl (C=O) groups excluding carboxylic acids is 1. The van der Waals surface area contributed by atoms with Crippen LogP contribution in [-0.4, -0.2) is 69.1 Å². The van der Waals surface area contributed by atoms with E-state index in [-0.39, 0.29) is 11.6 Å². The Kier molecular flexibility index (Phi) is 6.89. The lowest BCUT2D eigenvalue weighted by Gasteiger charge is -2.35. The van der Waals surface area contributed by atoms with Crippen LogP contribution in [0.5, 0.6) is 5.88 Å². The molecule has 1 aromatic carbocycles. The van der Waals surface area contributed by atoms with E-state index in [2.05, 4.69) is 20.3 Å². The highest BCUT2D eigenvalue weighted by molar-refractivity contribution is 6.30. The molecule has 0 spiro atoms. The lowest BCUT2D eigenvalue weighted by Crippen LogP contribution is -2.49. The van der Waals surface area contributed by atoms with E-state index in [4.69, 9.17) is 16.3 Å². The highest BCUT2D eigenvalue weighted by atomic mass is 35.5. The zero-order valence-corrected chi connectivity index (χ0v) is 20.8. The Labute approximate surface area is 220 Å². The van der Waals surface area contributed by atoms with Crippen molar-refractivity contribution in [2.24, 2.45) is 0 Å². The fourth-order valence-corrected chi connectivity index (χ4v) is 4.19. The van der Waals surface area contributed by atoms with E-state index in [1.165, 1.54) is 17.9 Å². The molecular formula is C25H21ClF3N7O2. The summed E-state index contributed by atoms with van der Waals surface area (Å²) in [6, 6.07) is 14.5. The van der Waals surface area contributed by atoms with E-state index in [9.17, 15) is 18.0 Å². The number of methoxy groups -OCH3 is 1. The zero-order valence-electron chi connectivity index (χ0n) is 20.1. The predicted octanol–water partition coefficient (Wildman–Crippen LogP) is 4.37.